The van der Waals surface area contributed by atoms with Gasteiger partial charge in [0.2, 0.25) is 11.3 Å². The average molecular weight is 339 g/mol. The third-order valence-corrected chi connectivity index (χ3v) is 5.22. The lowest BCUT2D eigenvalue weighted by molar-refractivity contribution is 0.548. The molecule has 3 aromatic rings. The molecule has 25 heavy (non-hydrogen) atoms. The van der Waals surface area contributed by atoms with Crippen molar-refractivity contribution in [3.8, 4) is 0 Å². The number of pyridine rings is 1. The molecule has 5 heteroatoms. The summed E-state index contributed by atoms with van der Waals surface area (Å²) in [7, 11) is 0. The van der Waals surface area contributed by atoms with Crippen LogP contribution in [-0.4, -0.2) is 14.5 Å². The van der Waals surface area contributed by atoms with Gasteiger partial charge in [0.15, 0.2) is 0 Å². The summed E-state index contributed by atoms with van der Waals surface area (Å²) in [6, 6.07) is 2.13. The molecule has 0 unspecified atom stereocenters. The van der Waals surface area contributed by atoms with Crippen molar-refractivity contribution < 1.29 is 4.42 Å². The lowest BCUT2D eigenvalue weighted by Crippen LogP contribution is -2.20. The van der Waals surface area contributed by atoms with Gasteiger partial charge in [-0.2, -0.15) is 0 Å². The lowest BCUT2D eigenvalue weighted by atomic mass is 9.95. The van der Waals surface area contributed by atoms with E-state index in [9.17, 15) is 4.79 Å². The standard InChI is InChI=1S/C20H25N3O2/c1-2-3-4-5-8-11-23-13-21-17-15-12-14-9-6-7-10-16(14)22-19(15)25-18(17)20(23)24/h12-13H,2-11H2,1H3. The highest BCUT2D eigenvalue weighted by molar-refractivity contribution is 6.00. The zero-order chi connectivity index (χ0) is 17.2. The summed E-state index contributed by atoms with van der Waals surface area (Å²) in [5, 5.41) is 0.878. The second kappa shape index (κ2) is 6.98. The van der Waals surface area contributed by atoms with Gasteiger partial charge in [-0.05, 0) is 43.7 Å². The fraction of sp³-hybridized carbons (Fsp3) is 0.550. The Morgan fingerprint density at radius 2 is 2.00 bits per heavy atom. The summed E-state index contributed by atoms with van der Waals surface area (Å²) >= 11 is 0. The van der Waals surface area contributed by atoms with Crippen LogP contribution in [0.25, 0.3) is 22.2 Å². The topological polar surface area (TPSA) is 60.9 Å². The Morgan fingerprint density at radius 3 is 2.88 bits per heavy atom. The normalized spacial score (nSPS) is 14.3. The molecule has 0 spiro atoms. The second-order valence-corrected chi connectivity index (χ2v) is 7.09. The molecule has 0 aliphatic heterocycles. The first kappa shape index (κ1) is 16.3. The molecule has 0 bridgehead atoms. The van der Waals surface area contributed by atoms with Crippen molar-refractivity contribution in [2.24, 2.45) is 0 Å². The van der Waals surface area contributed by atoms with Crippen LogP contribution in [0.4, 0.5) is 0 Å². The minimum Gasteiger partial charge on any atom is -0.430 e. The van der Waals surface area contributed by atoms with Crippen LogP contribution in [0, 0.1) is 0 Å². The molecule has 0 atom stereocenters. The molecule has 132 valence electrons. The molecule has 0 saturated carbocycles. The van der Waals surface area contributed by atoms with Gasteiger partial charge in [0, 0.05) is 12.2 Å². The highest BCUT2D eigenvalue weighted by atomic mass is 16.3. The fourth-order valence-electron chi connectivity index (χ4n) is 3.76. The number of furan rings is 1. The van der Waals surface area contributed by atoms with Crippen LogP contribution in [0.5, 0.6) is 0 Å². The lowest BCUT2D eigenvalue weighted by Gasteiger charge is -2.13. The minimum atomic E-state index is -0.0866. The van der Waals surface area contributed by atoms with E-state index in [0.717, 1.165) is 36.8 Å². The molecule has 0 saturated heterocycles. The summed E-state index contributed by atoms with van der Waals surface area (Å²) in [6.45, 7) is 2.91. The quantitative estimate of drug-likeness (QED) is 0.625. The zero-order valence-corrected chi connectivity index (χ0v) is 14.9. The number of fused-ring (bicyclic) bond motifs is 4. The van der Waals surface area contributed by atoms with E-state index in [1.807, 2.05) is 0 Å². The number of nitrogens with zero attached hydrogens (tertiary/aromatic N) is 3. The van der Waals surface area contributed by atoms with Gasteiger partial charge in [0.1, 0.15) is 5.52 Å². The third-order valence-electron chi connectivity index (χ3n) is 5.22. The van der Waals surface area contributed by atoms with E-state index < -0.39 is 0 Å². The van der Waals surface area contributed by atoms with Gasteiger partial charge in [-0.1, -0.05) is 32.6 Å². The summed E-state index contributed by atoms with van der Waals surface area (Å²) < 4.78 is 7.51. The molecule has 3 heterocycles. The third kappa shape index (κ3) is 3.08. The first-order valence-corrected chi connectivity index (χ1v) is 9.58. The molecule has 1 aliphatic rings. The first-order valence-electron chi connectivity index (χ1n) is 9.58. The van der Waals surface area contributed by atoms with Crippen LogP contribution in [0.1, 0.15) is 63.1 Å². The van der Waals surface area contributed by atoms with E-state index in [2.05, 4.69) is 23.0 Å². The van der Waals surface area contributed by atoms with Gasteiger partial charge in [-0.25, -0.2) is 9.97 Å². The molecule has 4 rings (SSSR count). The number of hydrogen-bond acceptors (Lipinski definition) is 4. The summed E-state index contributed by atoms with van der Waals surface area (Å²) in [5.41, 5.74) is 3.87. The molecule has 0 aromatic carbocycles. The van der Waals surface area contributed by atoms with Crippen molar-refractivity contribution in [1.29, 1.82) is 0 Å². The van der Waals surface area contributed by atoms with Gasteiger partial charge in [-0.3, -0.25) is 9.36 Å². The Labute approximate surface area is 147 Å². The van der Waals surface area contributed by atoms with Crippen molar-refractivity contribution in [2.45, 2.75) is 71.3 Å². The molecular formula is C20H25N3O2. The summed E-state index contributed by atoms with van der Waals surface area (Å²) in [4.78, 5) is 21.9. The highest BCUT2D eigenvalue weighted by Crippen LogP contribution is 2.29. The maximum absolute atomic E-state index is 12.7. The first-order chi connectivity index (χ1) is 12.3. The van der Waals surface area contributed by atoms with Crippen molar-refractivity contribution >= 4 is 22.2 Å². The number of hydrogen-bond donors (Lipinski definition) is 0. The molecule has 0 fully saturated rings. The van der Waals surface area contributed by atoms with E-state index >= 15 is 0 Å². The summed E-state index contributed by atoms with van der Waals surface area (Å²) in [5.74, 6) is 0. The predicted octanol–water partition coefficient (Wildman–Crippen LogP) is 4.39. The fourth-order valence-corrected chi connectivity index (χ4v) is 3.76. The summed E-state index contributed by atoms with van der Waals surface area (Å²) in [6.07, 6.45) is 11.9. The highest BCUT2D eigenvalue weighted by Gasteiger charge is 2.18. The largest absolute Gasteiger partial charge is 0.430 e. The Morgan fingerprint density at radius 1 is 1.16 bits per heavy atom. The number of aromatic nitrogens is 3. The van der Waals surface area contributed by atoms with Crippen molar-refractivity contribution in [3.05, 3.63) is 34.0 Å². The van der Waals surface area contributed by atoms with Crippen molar-refractivity contribution in [2.75, 3.05) is 0 Å². The van der Waals surface area contributed by atoms with E-state index in [-0.39, 0.29) is 5.56 Å². The number of aryl methyl sites for hydroxylation is 3. The molecule has 0 amide bonds. The van der Waals surface area contributed by atoms with E-state index in [1.165, 1.54) is 37.7 Å². The van der Waals surface area contributed by atoms with E-state index in [1.54, 1.807) is 10.9 Å². The van der Waals surface area contributed by atoms with Gasteiger partial charge in [0.25, 0.3) is 5.56 Å². The van der Waals surface area contributed by atoms with Gasteiger partial charge in [-0.15, -0.1) is 0 Å². The monoisotopic (exact) mass is 339 g/mol. The molecule has 0 radical (unpaired) electrons. The molecular weight excluding hydrogens is 314 g/mol. The predicted molar refractivity (Wildman–Crippen MR) is 99.0 cm³/mol. The van der Waals surface area contributed by atoms with Crippen LogP contribution >= 0.6 is 0 Å². The Kier molecular flexibility index (Phi) is 4.55. The van der Waals surface area contributed by atoms with Crippen LogP contribution in [0.2, 0.25) is 0 Å². The second-order valence-electron chi connectivity index (χ2n) is 7.09. The molecule has 0 N–H and O–H groups in total. The van der Waals surface area contributed by atoms with Crippen LogP contribution < -0.4 is 5.56 Å². The van der Waals surface area contributed by atoms with Gasteiger partial charge < -0.3 is 4.42 Å². The van der Waals surface area contributed by atoms with Crippen LogP contribution in [0.3, 0.4) is 0 Å². The van der Waals surface area contributed by atoms with E-state index in [4.69, 9.17) is 4.42 Å². The molecule has 1 aliphatic carbocycles. The average Bonchev–Trinajstić information content (AvgIpc) is 2.99. The SMILES string of the molecule is CCCCCCCn1cnc2c(oc3nc4c(cc32)CCCC4)c1=O. The van der Waals surface area contributed by atoms with Crippen molar-refractivity contribution in [1.82, 2.24) is 14.5 Å². The number of rotatable bonds is 6. The molecule has 3 aromatic heterocycles. The minimum absolute atomic E-state index is 0.0866. The molecule has 5 nitrogen and oxygen atoms in total. The zero-order valence-electron chi connectivity index (χ0n) is 14.9. The van der Waals surface area contributed by atoms with Crippen LogP contribution in [0.15, 0.2) is 21.6 Å². The number of unbranched alkanes of at least 4 members (excludes halogenated alkanes) is 4. The maximum Gasteiger partial charge on any atom is 0.297 e. The van der Waals surface area contributed by atoms with Gasteiger partial charge >= 0.3 is 0 Å². The van der Waals surface area contributed by atoms with Gasteiger partial charge in [0.05, 0.1) is 11.7 Å². The smallest absolute Gasteiger partial charge is 0.297 e. The Hall–Kier alpha value is -2.17. The Bertz CT molecular complexity index is 955. The maximum atomic E-state index is 12.7. The van der Waals surface area contributed by atoms with Crippen LogP contribution in [-0.2, 0) is 19.4 Å². The van der Waals surface area contributed by atoms with Crippen molar-refractivity contribution in [3.63, 3.8) is 0 Å². The Balaban J connectivity index is 1.67. The van der Waals surface area contributed by atoms with E-state index in [0.29, 0.717) is 23.4 Å².